The summed E-state index contributed by atoms with van der Waals surface area (Å²) in [4.78, 5) is 50.5. The van der Waals surface area contributed by atoms with Crippen molar-refractivity contribution in [3.05, 3.63) is 90.6 Å². The van der Waals surface area contributed by atoms with E-state index in [1.807, 2.05) is 36.4 Å². The number of thiazole rings is 1. The van der Waals surface area contributed by atoms with Gasteiger partial charge in [-0.15, -0.1) is 0 Å². The molecule has 2 fully saturated rings. The van der Waals surface area contributed by atoms with Crippen LogP contribution in [0, 0.1) is 0 Å². The van der Waals surface area contributed by atoms with Crippen LogP contribution in [-0.4, -0.2) is 91.8 Å². The van der Waals surface area contributed by atoms with Crippen molar-refractivity contribution in [2.75, 3.05) is 76.1 Å². The molecule has 3 aliphatic rings. The third-order valence-electron chi connectivity index (χ3n) is 8.50. The molecular weight excluding hydrogens is 662 g/mol. The van der Waals surface area contributed by atoms with E-state index in [2.05, 4.69) is 24.8 Å². The molecule has 1 unspecified atom stereocenters. The van der Waals surface area contributed by atoms with Gasteiger partial charge in [0.2, 0.25) is 11.9 Å². The van der Waals surface area contributed by atoms with Crippen LogP contribution in [0.3, 0.4) is 0 Å². The van der Waals surface area contributed by atoms with Crippen LogP contribution in [0.4, 0.5) is 11.9 Å². The third-order valence-corrected chi connectivity index (χ3v) is 9.48. The number of aromatic nitrogens is 4. The van der Waals surface area contributed by atoms with Gasteiger partial charge in [-0.2, -0.15) is 15.0 Å². The van der Waals surface area contributed by atoms with Gasteiger partial charge in [-0.3, -0.25) is 9.36 Å². The largest absolute Gasteiger partial charge is 0.493 e. The number of anilines is 2. The smallest absolute Gasteiger partial charge is 0.338 e. The van der Waals surface area contributed by atoms with Gasteiger partial charge in [0.1, 0.15) is 0 Å². The quantitative estimate of drug-likeness (QED) is 0.237. The number of hydrogen-bond donors (Lipinski definition) is 0. The minimum absolute atomic E-state index is 0.135. The molecule has 0 spiro atoms. The Kier molecular flexibility index (Phi) is 9.87. The zero-order valence-electron chi connectivity index (χ0n) is 28.0. The maximum Gasteiger partial charge on any atom is 0.338 e. The Morgan fingerprint density at radius 1 is 0.940 bits per heavy atom. The molecule has 0 saturated carbocycles. The molecule has 1 atom stereocenters. The van der Waals surface area contributed by atoms with E-state index in [4.69, 9.17) is 28.7 Å². The summed E-state index contributed by atoms with van der Waals surface area (Å²) in [5.74, 6) is 1.36. The molecule has 0 radical (unpaired) electrons. The summed E-state index contributed by atoms with van der Waals surface area (Å²) < 4.78 is 30.4. The number of esters is 1. The first-order valence-electron chi connectivity index (χ1n) is 16.5. The number of carbonyl (C=O) groups excluding carboxylic acids is 1. The standard InChI is InChI=1S/C35H37N7O7S/c1-4-48-31(44)28-22(2)36-35-42(29(28)24-8-6-5-7-9-24)30(43)27(50-35)21-23-10-11-25(26(20-23)45-3)49-34-38-32(40-12-16-46-17-13-40)37-33(39-34)41-14-18-47-19-15-41/h5-11,20-21,29H,4,12-19H2,1-3H3/b27-21+. The van der Waals surface area contributed by atoms with Gasteiger partial charge in [0.25, 0.3) is 5.56 Å². The van der Waals surface area contributed by atoms with E-state index in [0.717, 1.165) is 5.56 Å². The number of rotatable bonds is 9. The molecule has 2 aromatic carbocycles. The predicted octanol–water partition coefficient (Wildman–Crippen LogP) is 2.46. The third kappa shape index (κ3) is 6.84. The van der Waals surface area contributed by atoms with E-state index in [-0.39, 0.29) is 18.2 Å². The number of methoxy groups -OCH3 is 1. The van der Waals surface area contributed by atoms with Crippen molar-refractivity contribution in [3.8, 4) is 17.5 Å². The van der Waals surface area contributed by atoms with Crippen molar-refractivity contribution in [1.29, 1.82) is 0 Å². The van der Waals surface area contributed by atoms with Crippen LogP contribution in [0.2, 0.25) is 0 Å². The van der Waals surface area contributed by atoms with Crippen LogP contribution in [0.5, 0.6) is 17.5 Å². The van der Waals surface area contributed by atoms with Gasteiger partial charge in [-0.1, -0.05) is 47.7 Å². The van der Waals surface area contributed by atoms with Crippen molar-refractivity contribution in [2.45, 2.75) is 19.9 Å². The van der Waals surface area contributed by atoms with Gasteiger partial charge in [-0.05, 0) is 43.2 Å². The number of allylic oxidation sites excluding steroid dienone is 1. The summed E-state index contributed by atoms with van der Waals surface area (Å²) >= 11 is 1.25. The highest BCUT2D eigenvalue weighted by molar-refractivity contribution is 7.07. The van der Waals surface area contributed by atoms with Gasteiger partial charge in [-0.25, -0.2) is 9.79 Å². The van der Waals surface area contributed by atoms with Crippen LogP contribution >= 0.6 is 11.3 Å². The van der Waals surface area contributed by atoms with Crippen molar-refractivity contribution >= 4 is 35.3 Å². The zero-order chi connectivity index (χ0) is 34.6. The van der Waals surface area contributed by atoms with E-state index in [1.165, 1.54) is 11.3 Å². The predicted molar refractivity (Wildman–Crippen MR) is 186 cm³/mol. The molecule has 5 heterocycles. The summed E-state index contributed by atoms with van der Waals surface area (Å²) in [5, 5.41) is 0. The lowest BCUT2D eigenvalue weighted by molar-refractivity contribution is -0.139. The summed E-state index contributed by atoms with van der Waals surface area (Å²) in [6.45, 7) is 8.70. The molecule has 260 valence electrons. The summed E-state index contributed by atoms with van der Waals surface area (Å²) in [5.41, 5.74) is 2.07. The molecule has 15 heteroatoms. The lowest BCUT2D eigenvalue weighted by atomic mass is 9.96. The molecule has 4 aromatic rings. The number of fused-ring (bicyclic) bond motifs is 1. The number of ether oxygens (including phenoxy) is 5. The fourth-order valence-electron chi connectivity index (χ4n) is 6.04. The second-order valence-electron chi connectivity index (χ2n) is 11.6. The maximum absolute atomic E-state index is 14.0. The fraction of sp³-hybridized carbons (Fsp3) is 0.371. The molecule has 50 heavy (non-hydrogen) atoms. The molecular formula is C35H37N7O7S. The highest BCUT2D eigenvalue weighted by Gasteiger charge is 2.33. The van der Waals surface area contributed by atoms with Crippen molar-refractivity contribution in [2.24, 2.45) is 4.99 Å². The molecule has 7 rings (SSSR count). The molecule has 2 saturated heterocycles. The summed E-state index contributed by atoms with van der Waals surface area (Å²) in [7, 11) is 1.55. The lowest BCUT2D eigenvalue weighted by Gasteiger charge is -2.30. The first kappa shape index (κ1) is 33.4. The van der Waals surface area contributed by atoms with Crippen LogP contribution in [-0.2, 0) is 19.0 Å². The van der Waals surface area contributed by atoms with E-state index >= 15 is 0 Å². The highest BCUT2D eigenvalue weighted by Crippen LogP contribution is 2.33. The maximum atomic E-state index is 14.0. The number of morpholine rings is 2. The fourth-order valence-corrected chi connectivity index (χ4v) is 7.09. The second-order valence-corrected chi connectivity index (χ2v) is 12.7. The van der Waals surface area contributed by atoms with Crippen LogP contribution < -0.4 is 34.2 Å². The van der Waals surface area contributed by atoms with Crippen molar-refractivity contribution in [3.63, 3.8) is 0 Å². The number of carbonyl (C=O) groups is 1. The van der Waals surface area contributed by atoms with Crippen LogP contribution in [0.15, 0.2) is 69.6 Å². The average molecular weight is 700 g/mol. The lowest BCUT2D eigenvalue weighted by Crippen LogP contribution is -2.40. The number of benzene rings is 2. The van der Waals surface area contributed by atoms with E-state index in [9.17, 15) is 9.59 Å². The second kappa shape index (κ2) is 14.8. The Hall–Kier alpha value is -5.12. The Balaban J connectivity index is 1.23. The van der Waals surface area contributed by atoms with Crippen molar-refractivity contribution in [1.82, 2.24) is 19.5 Å². The highest BCUT2D eigenvalue weighted by atomic mass is 32.1. The Bertz CT molecular complexity index is 2050. The minimum atomic E-state index is -0.677. The van der Waals surface area contributed by atoms with E-state index in [0.29, 0.717) is 102 Å². The number of hydrogen-bond acceptors (Lipinski definition) is 14. The molecule has 2 aromatic heterocycles. The molecule has 0 amide bonds. The topological polar surface area (TPSA) is 143 Å². The Labute approximate surface area is 291 Å². The van der Waals surface area contributed by atoms with Gasteiger partial charge < -0.3 is 33.5 Å². The monoisotopic (exact) mass is 699 g/mol. The van der Waals surface area contributed by atoms with Crippen LogP contribution in [0.25, 0.3) is 6.08 Å². The summed E-state index contributed by atoms with van der Waals surface area (Å²) in [6, 6.07) is 14.3. The summed E-state index contributed by atoms with van der Waals surface area (Å²) in [6.07, 6.45) is 1.78. The first-order valence-corrected chi connectivity index (χ1v) is 17.3. The van der Waals surface area contributed by atoms with Crippen LogP contribution in [0.1, 0.15) is 31.0 Å². The van der Waals surface area contributed by atoms with E-state index in [1.54, 1.807) is 43.7 Å². The molecule has 3 aliphatic heterocycles. The minimum Gasteiger partial charge on any atom is -0.493 e. The van der Waals surface area contributed by atoms with Gasteiger partial charge >= 0.3 is 12.0 Å². The molecule has 14 nitrogen and oxygen atoms in total. The average Bonchev–Trinajstić information content (AvgIpc) is 3.45. The Morgan fingerprint density at radius 2 is 1.60 bits per heavy atom. The molecule has 0 bridgehead atoms. The van der Waals surface area contributed by atoms with Gasteiger partial charge in [0, 0.05) is 26.2 Å². The zero-order valence-corrected chi connectivity index (χ0v) is 28.9. The first-order chi connectivity index (χ1) is 24.4. The van der Waals surface area contributed by atoms with Crippen molar-refractivity contribution < 1.29 is 28.5 Å². The Morgan fingerprint density at radius 3 is 2.22 bits per heavy atom. The van der Waals surface area contributed by atoms with E-state index < -0.39 is 12.0 Å². The van der Waals surface area contributed by atoms with Gasteiger partial charge in [0.05, 0.1) is 62.0 Å². The number of nitrogens with zero attached hydrogens (tertiary/aromatic N) is 7. The SMILES string of the molecule is CCOC(=O)C1=C(C)N=c2s/c(=C/c3ccc(Oc4nc(N5CCOCC5)nc(N5CCOCC5)n4)c(OC)c3)c(=O)n2C1c1ccccc1. The normalized spacial score (nSPS) is 18.1. The molecule has 0 N–H and O–H groups in total. The molecule has 0 aliphatic carbocycles. The van der Waals surface area contributed by atoms with Gasteiger partial charge in [0.15, 0.2) is 16.3 Å².